The molecule has 0 amide bonds. The average molecular weight is 280 g/mol. The van der Waals surface area contributed by atoms with Gasteiger partial charge in [-0.1, -0.05) is 13.8 Å². The van der Waals surface area contributed by atoms with Crippen molar-refractivity contribution >= 4 is 11.3 Å². The molecular weight excluding hydrogens is 252 g/mol. The normalized spacial score (nSPS) is 19.1. The predicted octanol–water partition coefficient (Wildman–Crippen LogP) is 3.39. The molecule has 1 aliphatic rings. The molecule has 0 aliphatic carbocycles. The Morgan fingerprint density at radius 2 is 2.16 bits per heavy atom. The Morgan fingerprint density at radius 1 is 1.32 bits per heavy atom. The Labute approximate surface area is 122 Å². The molecule has 0 bridgehead atoms. The fraction of sp³-hybridized carbons (Fsp3) is 0.750. The number of nitrogens with zero attached hydrogens (tertiary/aromatic N) is 1. The summed E-state index contributed by atoms with van der Waals surface area (Å²) in [7, 11) is 0. The predicted molar refractivity (Wildman–Crippen MR) is 85.0 cm³/mol. The number of thiophene rings is 1. The zero-order chi connectivity index (χ0) is 13.6. The summed E-state index contributed by atoms with van der Waals surface area (Å²) in [5.74, 6) is 0. The lowest BCUT2D eigenvalue weighted by atomic mass is 9.82. The number of likely N-dealkylation sites (tertiary alicyclic amines) is 1. The van der Waals surface area contributed by atoms with Crippen LogP contribution in [0.2, 0.25) is 0 Å². The van der Waals surface area contributed by atoms with Crippen LogP contribution in [0.5, 0.6) is 0 Å². The van der Waals surface area contributed by atoms with Gasteiger partial charge in [-0.15, -0.1) is 0 Å². The van der Waals surface area contributed by atoms with Crippen LogP contribution in [0.1, 0.15) is 38.7 Å². The Kier molecular flexibility index (Phi) is 5.86. The molecule has 1 fully saturated rings. The van der Waals surface area contributed by atoms with Crippen LogP contribution in [0, 0.1) is 5.41 Å². The molecule has 0 radical (unpaired) electrons. The molecule has 1 aromatic heterocycles. The van der Waals surface area contributed by atoms with E-state index in [9.17, 15) is 0 Å². The molecule has 3 heteroatoms. The van der Waals surface area contributed by atoms with Crippen molar-refractivity contribution in [2.24, 2.45) is 5.41 Å². The van der Waals surface area contributed by atoms with E-state index >= 15 is 0 Å². The van der Waals surface area contributed by atoms with Gasteiger partial charge in [-0.25, -0.2) is 0 Å². The van der Waals surface area contributed by atoms with Crippen LogP contribution < -0.4 is 5.32 Å². The summed E-state index contributed by atoms with van der Waals surface area (Å²) in [6.07, 6.45) is 5.24. The first-order chi connectivity index (χ1) is 9.28. The van der Waals surface area contributed by atoms with Crippen molar-refractivity contribution in [3.63, 3.8) is 0 Å². The quantitative estimate of drug-likeness (QED) is 0.734. The van der Waals surface area contributed by atoms with E-state index in [1.165, 1.54) is 44.5 Å². The third kappa shape index (κ3) is 4.30. The molecule has 1 aromatic rings. The first kappa shape index (κ1) is 15.0. The molecule has 1 aliphatic heterocycles. The summed E-state index contributed by atoms with van der Waals surface area (Å²) in [6.45, 7) is 10.8. The summed E-state index contributed by atoms with van der Waals surface area (Å²) in [5, 5.41) is 7.99. The van der Waals surface area contributed by atoms with Crippen molar-refractivity contribution in [3.8, 4) is 0 Å². The van der Waals surface area contributed by atoms with Crippen molar-refractivity contribution in [1.82, 2.24) is 10.2 Å². The van der Waals surface area contributed by atoms with Crippen LogP contribution >= 0.6 is 11.3 Å². The first-order valence-electron chi connectivity index (χ1n) is 7.72. The minimum Gasteiger partial charge on any atom is -0.315 e. The van der Waals surface area contributed by atoms with Gasteiger partial charge < -0.3 is 10.2 Å². The molecule has 0 spiro atoms. The van der Waals surface area contributed by atoms with E-state index in [1.807, 2.05) is 0 Å². The number of nitrogens with one attached hydrogen (secondary N) is 1. The lowest BCUT2D eigenvalue weighted by Crippen LogP contribution is -2.33. The minimum atomic E-state index is 0.622. The highest BCUT2D eigenvalue weighted by molar-refractivity contribution is 7.07. The highest BCUT2D eigenvalue weighted by Crippen LogP contribution is 2.36. The second-order valence-corrected chi connectivity index (χ2v) is 6.64. The molecule has 1 N–H and O–H groups in total. The van der Waals surface area contributed by atoms with E-state index in [4.69, 9.17) is 0 Å². The highest BCUT2D eigenvalue weighted by atomic mass is 32.1. The van der Waals surface area contributed by atoms with Crippen molar-refractivity contribution in [1.29, 1.82) is 0 Å². The van der Waals surface area contributed by atoms with Gasteiger partial charge in [-0.3, -0.25) is 0 Å². The second kappa shape index (κ2) is 7.41. The summed E-state index contributed by atoms with van der Waals surface area (Å²) < 4.78 is 0. The summed E-state index contributed by atoms with van der Waals surface area (Å²) >= 11 is 1.79. The van der Waals surface area contributed by atoms with Crippen LogP contribution in [0.25, 0.3) is 0 Å². The lowest BCUT2D eigenvalue weighted by molar-refractivity contribution is 0.240. The van der Waals surface area contributed by atoms with Crippen molar-refractivity contribution in [2.75, 3.05) is 32.7 Å². The average Bonchev–Trinajstić information content (AvgIpc) is 3.08. The van der Waals surface area contributed by atoms with Crippen molar-refractivity contribution in [3.05, 3.63) is 22.4 Å². The van der Waals surface area contributed by atoms with Gasteiger partial charge in [0.2, 0.25) is 0 Å². The van der Waals surface area contributed by atoms with Crippen molar-refractivity contribution in [2.45, 2.75) is 39.5 Å². The molecule has 1 saturated heterocycles. The van der Waals surface area contributed by atoms with Crippen molar-refractivity contribution < 1.29 is 0 Å². The van der Waals surface area contributed by atoms with Crippen LogP contribution in [0.4, 0.5) is 0 Å². The van der Waals surface area contributed by atoms with Crippen LogP contribution in [0.3, 0.4) is 0 Å². The second-order valence-electron chi connectivity index (χ2n) is 5.86. The topological polar surface area (TPSA) is 15.3 Å². The SMILES string of the molecule is CCC1(CC)CCN(CCNCCc2ccsc2)C1. The minimum absolute atomic E-state index is 0.622. The Balaban J connectivity index is 1.57. The van der Waals surface area contributed by atoms with Gasteiger partial charge in [-0.05, 0) is 66.6 Å². The van der Waals surface area contributed by atoms with Gasteiger partial charge in [0.05, 0.1) is 0 Å². The number of hydrogen-bond donors (Lipinski definition) is 1. The van der Waals surface area contributed by atoms with Gasteiger partial charge in [0.1, 0.15) is 0 Å². The Morgan fingerprint density at radius 3 is 2.79 bits per heavy atom. The molecular formula is C16H28N2S. The van der Waals surface area contributed by atoms with E-state index in [-0.39, 0.29) is 0 Å². The fourth-order valence-electron chi connectivity index (χ4n) is 3.08. The van der Waals surface area contributed by atoms with E-state index < -0.39 is 0 Å². The standard InChI is InChI=1S/C16H28N2S/c1-3-16(4-2)7-10-18(14-16)11-9-17-8-5-15-6-12-19-13-15/h6,12-13,17H,3-5,7-11,14H2,1-2H3. The molecule has 0 saturated carbocycles. The molecule has 108 valence electrons. The lowest BCUT2D eigenvalue weighted by Gasteiger charge is -2.26. The van der Waals surface area contributed by atoms with Crippen LogP contribution in [-0.2, 0) is 6.42 Å². The third-order valence-electron chi connectivity index (χ3n) is 4.79. The molecule has 2 nitrogen and oxygen atoms in total. The largest absolute Gasteiger partial charge is 0.315 e. The maximum Gasteiger partial charge on any atom is 0.0107 e. The summed E-state index contributed by atoms with van der Waals surface area (Å²) in [4.78, 5) is 2.64. The molecule has 0 atom stereocenters. The van der Waals surface area contributed by atoms with Gasteiger partial charge in [0.15, 0.2) is 0 Å². The Hall–Kier alpha value is -0.380. The molecule has 2 heterocycles. The molecule has 2 rings (SSSR count). The van der Waals surface area contributed by atoms with Crippen LogP contribution in [-0.4, -0.2) is 37.6 Å². The highest BCUT2D eigenvalue weighted by Gasteiger charge is 2.34. The molecule has 0 aromatic carbocycles. The third-order valence-corrected chi connectivity index (χ3v) is 5.52. The van der Waals surface area contributed by atoms with Gasteiger partial charge in [0.25, 0.3) is 0 Å². The summed E-state index contributed by atoms with van der Waals surface area (Å²) in [5.41, 5.74) is 2.09. The summed E-state index contributed by atoms with van der Waals surface area (Å²) in [6, 6.07) is 2.23. The zero-order valence-corrected chi connectivity index (χ0v) is 13.3. The van der Waals surface area contributed by atoms with Gasteiger partial charge >= 0.3 is 0 Å². The van der Waals surface area contributed by atoms with Gasteiger partial charge in [0, 0.05) is 19.6 Å². The molecule has 0 unspecified atom stereocenters. The zero-order valence-electron chi connectivity index (χ0n) is 12.5. The first-order valence-corrected chi connectivity index (χ1v) is 8.66. The molecule has 19 heavy (non-hydrogen) atoms. The monoisotopic (exact) mass is 280 g/mol. The maximum atomic E-state index is 3.58. The Bertz CT molecular complexity index is 344. The number of rotatable bonds is 8. The fourth-order valence-corrected chi connectivity index (χ4v) is 3.78. The van der Waals surface area contributed by atoms with E-state index in [2.05, 4.69) is 40.9 Å². The van der Waals surface area contributed by atoms with E-state index in [0.717, 1.165) is 19.5 Å². The number of hydrogen-bond acceptors (Lipinski definition) is 3. The smallest absolute Gasteiger partial charge is 0.0107 e. The maximum absolute atomic E-state index is 3.58. The van der Waals surface area contributed by atoms with Gasteiger partial charge in [-0.2, -0.15) is 11.3 Å². The van der Waals surface area contributed by atoms with E-state index in [0.29, 0.717) is 5.41 Å². The van der Waals surface area contributed by atoms with Crippen LogP contribution in [0.15, 0.2) is 16.8 Å². The van der Waals surface area contributed by atoms with E-state index in [1.54, 1.807) is 11.3 Å².